The van der Waals surface area contributed by atoms with Crippen molar-refractivity contribution < 1.29 is 29.0 Å². The molecule has 0 aromatic rings. The molecule has 2 atom stereocenters. The zero-order valence-electron chi connectivity index (χ0n) is 12.9. The van der Waals surface area contributed by atoms with Gasteiger partial charge in [-0.25, -0.2) is 9.59 Å². The number of carbonyl (C=O) groups excluding carboxylic acids is 2. The molecular weight excluding hydrogens is 278 g/mol. The molecule has 1 aliphatic rings. The van der Waals surface area contributed by atoms with E-state index in [1.165, 1.54) is 12.0 Å². The minimum atomic E-state index is -0.889. The highest BCUT2D eigenvalue weighted by Crippen LogP contribution is 2.29. The van der Waals surface area contributed by atoms with E-state index in [1.54, 1.807) is 20.8 Å². The number of carbonyl (C=O) groups is 3. The van der Waals surface area contributed by atoms with Crippen LogP contribution >= 0.6 is 0 Å². The first-order valence-corrected chi connectivity index (χ1v) is 6.93. The Balaban J connectivity index is 2.75. The third kappa shape index (κ3) is 5.24. The van der Waals surface area contributed by atoms with Crippen molar-refractivity contribution >= 4 is 18.0 Å². The lowest BCUT2D eigenvalue weighted by molar-refractivity contribution is -0.145. The van der Waals surface area contributed by atoms with Crippen LogP contribution in [0, 0.1) is 5.92 Å². The van der Waals surface area contributed by atoms with E-state index in [1.807, 2.05) is 0 Å². The number of likely N-dealkylation sites (tertiary alicyclic amines) is 1. The molecule has 1 saturated heterocycles. The number of nitrogens with zero attached hydrogens (tertiary/aromatic N) is 1. The van der Waals surface area contributed by atoms with Crippen molar-refractivity contribution in [1.82, 2.24) is 4.90 Å². The van der Waals surface area contributed by atoms with E-state index in [-0.39, 0.29) is 12.3 Å². The summed E-state index contributed by atoms with van der Waals surface area (Å²) in [6, 6.07) is -0.705. The van der Waals surface area contributed by atoms with Crippen LogP contribution in [0.5, 0.6) is 0 Å². The number of hydrogen-bond donors (Lipinski definition) is 1. The van der Waals surface area contributed by atoms with Crippen LogP contribution in [-0.2, 0) is 19.1 Å². The van der Waals surface area contributed by atoms with Crippen molar-refractivity contribution in [1.29, 1.82) is 0 Å². The molecule has 1 N–H and O–H groups in total. The Labute approximate surface area is 124 Å². The van der Waals surface area contributed by atoms with Gasteiger partial charge < -0.3 is 14.6 Å². The molecule has 1 rings (SSSR count). The normalized spacial score (nSPS) is 22.0. The number of carboxylic acids is 1. The summed E-state index contributed by atoms with van der Waals surface area (Å²) in [5.41, 5.74) is -0.656. The lowest BCUT2D eigenvalue weighted by Crippen LogP contribution is -2.43. The van der Waals surface area contributed by atoms with Crippen molar-refractivity contribution in [2.24, 2.45) is 5.92 Å². The van der Waals surface area contributed by atoms with Gasteiger partial charge in [0.05, 0.1) is 7.11 Å². The van der Waals surface area contributed by atoms with Crippen LogP contribution in [0.3, 0.4) is 0 Å². The number of hydrogen-bond acceptors (Lipinski definition) is 5. The third-order valence-corrected chi connectivity index (χ3v) is 3.26. The van der Waals surface area contributed by atoms with Gasteiger partial charge in [-0.2, -0.15) is 0 Å². The summed E-state index contributed by atoms with van der Waals surface area (Å²) in [5.74, 6) is -1.43. The van der Waals surface area contributed by atoms with Gasteiger partial charge in [0.15, 0.2) is 0 Å². The van der Waals surface area contributed by atoms with Gasteiger partial charge in [0, 0.05) is 13.0 Å². The summed E-state index contributed by atoms with van der Waals surface area (Å²) < 4.78 is 10.00. The second kappa shape index (κ2) is 6.78. The quantitative estimate of drug-likeness (QED) is 0.794. The number of methoxy groups -OCH3 is 1. The summed E-state index contributed by atoms with van der Waals surface area (Å²) in [6.45, 7) is 5.55. The molecule has 0 unspecified atom stereocenters. The lowest BCUT2D eigenvalue weighted by atomic mass is 10.00. The molecule has 0 radical (unpaired) electrons. The maximum Gasteiger partial charge on any atom is 0.411 e. The lowest BCUT2D eigenvalue weighted by Gasteiger charge is -2.27. The predicted octanol–water partition coefficient (Wildman–Crippen LogP) is 1.65. The molecule has 0 aromatic carbocycles. The van der Waals surface area contributed by atoms with Crippen molar-refractivity contribution in [3.63, 3.8) is 0 Å². The van der Waals surface area contributed by atoms with Gasteiger partial charge in [-0.1, -0.05) is 0 Å². The largest absolute Gasteiger partial charge is 0.481 e. The second-order valence-electron chi connectivity index (χ2n) is 6.21. The van der Waals surface area contributed by atoms with E-state index in [9.17, 15) is 14.4 Å². The Morgan fingerprint density at radius 3 is 2.38 bits per heavy atom. The summed E-state index contributed by atoms with van der Waals surface area (Å²) in [7, 11) is 1.26. The molecule has 7 heteroatoms. The number of amides is 1. The number of esters is 1. The van der Waals surface area contributed by atoms with Gasteiger partial charge in [0.1, 0.15) is 11.6 Å². The fourth-order valence-electron chi connectivity index (χ4n) is 2.34. The van der Waals surface area contributed by atoms with Crippen molar-refractivity contribution in [2.75, 3.05) is 13.7 Å². The van der Waals surface area contributed by atoms with Crippen LogP contribution in [-0.4, -0.2) is 53.3 Å². The Kier molecular flexibility index (Phi) is 5.57. The monoisotopic (exact) mass is 301 g/mol. The van der Waals surface area contributed by atoms with Gasteiger partial charge in [-0.05, 0) is 39.5 Å². The maximum absolute atomic E-state index is 12.2. The summed E-state index contributed by atoms with van der Waals surface area (Å²) in [5, 5.41) is 8.73. The standard InChI is InChI=1S/C14H23NO6/c1-14(2,3)21-13(19)15-8-9(5-6-11(16)17)7-10(15)12(18)20-4/h9-10H,5-8H2,1-4H3,(H,16,17)/t9-,10-/m0/s1. The molecule has 1 fully saturated rings. The predicted molar refractivity (Wildman–Crippen MR) is 73.7 cm³/mol. The SMILES string of the molecule is COC(=O)[C@@H]1C[C@H](CCC(=O)O)CN1C(=O)OC(C)(C)C. The first-order valence-electron chi connectivity index (χ1n) is 6.93. The second-order valence-corrected chi connectivity index (χ2v) is 6.21. The highest BCUT2D eigenvalue weighted by atomic mass is 16.6. The minimum absolute atomic E-state index is 0.0146. The van der Waals surface area contributed by atoms with Crippen LogP contribution in [0.15, 0.2) is 0 Å². The Morgan fingerprint density at radius 1 is 1.29 bits per heavy atom. The fraction of sp³-hybridized carbons (Fsp3) is 0.786. The molecule has 1 amide bonds. The van der Waals surface area contributed by atoms with E-state index in [0.29, 0.717) is 19.4 Å². The van der Waals surface area contributed by atoms with E-state index >= 15 is 0 Å². The molecular formula is C14H23NO6. The van der Waals surface area contributed by atoms with E-state index in [2.05, 4.69) is 0 Å². The molecule has 0 spiro atoms. The van der Waals surface area contributed by atoms with Crippen molar-refractivity contribution in [3.8, 4) is 0 Å². The molecule has 0 aromatic heterocycles. The van der Waals surface area contributed by atoms with Crippen LogP contribution in [0.4, 0.5) is 4.79 Å². The first kappa shape index (κ1) is 17.3. The highest BCUT2D eigenvalue weighted by molar-refractivity contribution is 5.82. The zero-order chi connectivity index (χ0) is 16.2. The third-order valence-electron chi connectivity index (χ3n) is 3.26. The van der Waals surface area contributed by atoms with Crippen LogP contribution in [0.25, 0.3) is 0 Å². The average Bonchev–Trinajstić information content (AvgIpc) is 2.77. The average molecular weight is 301 g/mol. The van der Waals surface area contributed by atoms with E-state index in [0.717, 1.165) is 0 Å². The van der Waals surface area contributed by atoms with Gasteiger partial charge >= 0.3 is 18.0 Å². The molecule has 1 heterocycles. The van der Waals surface area contributed by atoms with Crippen LogP contribution in [0.1, 0.15) is 40.0 Å². The van der Waals surface area contributed by atoms with Crippen molar-refractivity contribution in [3.05, 3.63) is 0 Å². The summed E-state index contributed by atoms with van der Waals surface area (Å²) >= 11 is 0. The molecule has 21 heavy (non-hydrogen) atoms. The van der Waals surface area contributed by atoms with Gasteiger partial charge in [0.2, 0.25) is 0 Å². The number of carboxylic acid groups (broad SMARTS) is 1. The zero-order valence-corrected chi connectivity index (χ0v) is 12.9. The number of aliphatic carboxylic acids is 1. The van der Waals surface area contributed by atoms with Gasteiger partial charge in [-0.15, -0.1) is 0 Å². The van der Waals surface area contributed by atoms with Crippen molar-refractivity contribution in [2.45, 2.75) is 51.7 Å². The topological polar surface area (TPSA) is 93.1 Å². The van der Waals surface area contributed by atoms with Gasteiger partial charge in [-0.3, -0.25) is 9.69 Å². The maximum atomic E-state index is 12.2. The summed E-state index contributed by atoms with van der Waals surface area (Å²) in [4.78, 5) is 35.9. The van der Waals surface area contributed by atoms with Gasteiger partial charge in [0.25, 0.3) is 0 Å². The molecule has 120 valence electrons. The molecule has 7 nitrogen and oxygen atoms in total. The number of rotatable bonds is 4. The fourth-order valence-corrected chi connectivity index (χ4v) is 2.34. The minimum Gasteiger partial charge on any atom is -0.481 e. The highest BCUT2D eigenvalue weighted by Gasteiger charge is 2.41. The Bertz CT molecular complexity index is 414. The van der Waals surface area contributed by atoms with Crippen LogP contribution < -0.4 is 0 Å². The molecule has 1 aliphatic heterocycles. The molecule has 0 saturated carbocycles. The summed E-state index contributed by atoms with van der Waals surface area (Å²) in [6.07, 6.45) is 0.262. The Morgan fingerprint density at radius 2 is 1.90 bits per heavy atom. The number of ether oxygens (including phenoxy) is 2. The smallest absolute Gasteiger partial charge is 0.411 e. The Hall–Kier alpha value is -1.79. The molecule has 0 aliphatic carbocycles. The van der Waals surface area contributed by atoms with Crippen LogP contribution in [0.2, 0.25) is 0 Å². The van der Waals surface area contributed by atoms with E-state index in [4.69, 9.17) is 14.6 Å². The van der Waals surface area contributed by atoms with E-state index < -0.39 is 29.7 Å². The first-order chi connectivity index (χ1) is 9.64. The molecule has 0 bridgehead atoms.